The van der Waals surface area contributed by atoms with E-state index in [0.717, 1.165) is 15.7 Å². The zero-order valence-electron chi connectivity index (χ0n) is 10.9. The van der Waals surface area contributed by atoms with Crippen molar-refractivity contribution in [1.82, 2.24) is 0 Å². The summed E-state index contributed by atoms with van der Waals surface area (Å²) in [6.07, 6.45) is 0. The van der Waals surface area contributed by atoms with Crippen LogP contribution in [0, 0.1) is 6.92 Å². The number of aryl methyl sites for hydroxylation is 1. The molecule has 104 valence electrons. The Morgan fingerprint density at radius 2 is 2.10 bits per heavy atom. The fourth-order valence-corrected chi connectivity index (χ4v) is 3.00. The van der Waals surface area contributed by atoms with E-state index in [-0.39, 0.29) is 6.79 Å². The lowest BCUT2D eigenvalue weighted by Gasteiger charge is -2.10. The molecule has 0 fully saturated rings. The van der Waals surface area contributed by atoms with Gasteiger partial charge in [0.25, 0.3) is 0 Å². The molecule has 0 spiro atoms. The van der Waals surface area contributed by atoms with Gasteiger partial charge in [0.2, 0.25) is 6.79 Å². The minimum absolute atomic E-state index is 0.232. The van der Waals surface area contributed by atoms with E-state index in [2.05, 4.69) is 40.3 Å². The van der Waals surface area contributed by atoms with Crippen molar-refractivity contribution in [2.75, 3.05) is 12.1 Å². The number of ether oxygens (including phenoxy) is 2. The second kappa shape index (κ2) is 5.54. The maximum Gasteiger partial charge on any atom is 0.231 e. The number of anilines is 1. The molecule has 0 atom stereocenters. The van der Waals surface area contributed by atoms with Gasteiger partial charge in [0, 0.05) is 16.7 Å². The van der Waals surface area contributed by atoms with E-state index in [1.54, 1.807) is 0 Å². The summed E-state index contributed by atoms with van der Waals surface area (Å²) in [5.74, 6) is 1.34. The zero-order chi connectivity index (χ0) is 14.1. The Kier molecular flexibility index (Phi) is 3.76. The molecule has 1 heterocycles. The predicted octanol–water partition coefficient (Wildman–Crippen LogP) is 4.75. The lowest BCUT2D eigenvalue weighted by molar-refractivity contribution is 0.174. The van der Waals surface area contributed by atoms with Crippen molar-refractivity contribution in [3.05, 3.63) is 51.0 Å². The maximum absolute atomic E-state index is 6.17. The van der Waals surface area contributed by atoms with E-state index in [1.807, 2.05) is 18.2 Å². The van der Waals surface area contributed by atoms with Crippen LogP contribution >= 0.6 is 27.5 Å². The molecule has 20 heavy (non-hydrogen) atoms. The van der Waals surface area contributed by atoms with Gasteiger partial charge < -0.3 is 14.8 Å². The van der Waals surface area contributed by atoms with Gasteiger partial charge >= 0.3 is 0 Å². The molecular formula is C15H13BrClNO2. The minimum atomic E-state index is 0.232. The molecule has 1 aliphatic rings. The molecule has 1 aliphatic heterocycles. The van der Waals surface area contributed by atoms with E-state index in [0.29, 0.717) is 23.1 Å². The van der Waals surface area contributed by atoms with Gasteiger partial charge in [0.15, 0.2) is 11.5 Å². The highest BCUT2D eigenvalue weighted by molar-refractivity contribution is 9.10. The van der Waals surface area contributed by atoms with Gasteiger partial charge in [-0.1, -0.05) is 17.7 Å². The Morgan fingerprint density at radius 3 is 2.90 bits per heavy atom. The van der Waals surface area contributed by atoms with Crippen LogP contribution < -0.4 is 14.8 Å². The quantitative estimate of drug-likeness (QED) is 0.862. The van der Waals surface area contributed by atoms with Crippen molar-refractivity contribution < 1.29 is 9.47 Å². The van der Waals surface area contributed by atoms with Crippen LogP contribution in [0.5, 0.6) is 11.5 Å². The average Bonchev–Trinajstić information content (AvgIpc) is 2.86. The Hall–Kier alpha value is -1.39. The first kappa shape index (κ1) is 13.6. The first-order chi connectivity index (χ1) is 9.63. The van der Waals surface area contributed by atoms with Gasteiger partial charge in [-0.05, 0) is 58.2 Å². The highest BCUT2D eigenvalue weighted by Gasteiger charge is 2.18. The van der Waals surface area contributed by atoms with Crippen molar-refractivity contribution in [2.45, 2.75) is 13.5 Å². The molecular weight excluding hydrogens is 342 g/mol. The summed E-state index contributed by atoms with van der Waals surface area (Å²) in [4.78, 5) is 0. The summed E-state index contributed by atoms with van der Waals surface area (Å²) in [5.41, 5.74) is 3.31. The number of nitrogens with one attached hydrogen (secondary N) is 1. The molecule has 0 aliphatic carbocycles. The smallest absolute Gasteiger partial charge is 0.231 e. The van der Waals surface area contributed by atoms with Gasteiger partial charge in [-0.2, -0.15) is 0 Å². The molecule has 0 bridgehead atoms. The second-order valence-electron chi connectivity index (χ2n) is 4.65. The fraction of sp³-hybridized carbons (Fsp3) is 0.200. The standard InChI is InChI=1S/C15H13BrClNO2/c1-9-2-3-13(11(16)4-9)18-7-10-5-12(17)15-14(6-10)19-8-20-15/h2-6,18H,7-8H2,1H3. The van der Waals surface area contributed by atoms with Crippen LogP contribution in [0.25, 0.3) is 0 Å². The molecule has 3 rings (SSSR count). The topological polar surface area (TPSA) is 30.5 Å². The monoisotopic (exact) mass is 353 g/mol. The molecule has 0 unspecified atom stereocenters. The van der Waals surface area contributed by atoms with Crippen LogP contribution in [0.1, 0.15) is 11.1 Å². The van der Waals surface area contributed by atoms with E-state index in [1.165, 1.54) is 5.56 Å². The summed E-state index contributed by atoms with van der Waals surface area (Å²) in [7, 11) is 0. The third-order valence-electron chi connectivity index (χ3n) is 3.09. The molecule has 1 N–H and O–H groups in total. The third kappa shape index (κ3) is 2.72. The number of halogens is 2. The van der Waals surface area contributed by atoms with Crippen LogP contribution in [-0.4, -0.2) is 6.79 Å². The van der Waals surface area contributed by atoms with Crippen molar-refractivity contribution in [2.24, 2.45) is 0 Å². The SMILES string of the molecule is Cc1ccc(NCc2cc(Cl)c3c(c2)OCO3)c(Br)c1. The van der Waals surface area contributed by atoms with Gasteiger partial charge in [-0.3, -0.25) is 0 Å². The highest BCUT2D eigenvalue weighted by atomic mass is 79.9. The van der Waals surface area contributed by atoms with E-state index < -0.39 is 0 Å². The molecule has 0 saturated carbocycles. The van der Waals surface area contributed by atoms with Crippen LogP contribution in [0.15, 0.2) is 34.8 Å². The number of fused-ring (bicyclic) bond motifs is 1. The molecule has 2 aromatic carbocycles. The molecule has 3 nitrogen and oxygen atoms in total. The van der Waals surface area contributed by atoms with E-state index in [4.69, 9.17) is 21.1 Å². The Morgan fingerprint density at radius 1 is 1.25 bits per heavy atom. The fourth-order valence-electron chi connectivity index (χ4n) is 2.08. The van der Waals surface area contributed by atoms with Gasteiger partial charge in [0.1, 0.15) is 0 Å². The number of benzene rings is 2. The lowest BCUT2D eigenvalue weighted by atomic mass is 10.2. The predicted molar refractivity (Wildman–Crippen MR) is 83.8 cm³/mol. The van der Waals surface area contributed by atoms with Crippen LogP contribution in [-0.2, 0) is 6.54 Å². The van der Waals surface area contributed by atoms with Crippen LogP contribution in [0.2, 0.25) is 5.02 Å². The van der Waals surface area contributed by atoms with Crippen molar-refractivity contribution in [1.29, 1.82) is 0 Å². The Labute approximate surface area is 131 Å². The highest BCUT2D eigenvalue weighted by Crippen LogP contribution is 2.40. The van der Waals surface area contributed by atoms with Crippen molar-refractivity contribution in [3.63, 3.8) is 0 Å². The van der Waals surface area contributed by atoms with E-state index in [9.17, 15) is 0 Å². The van der Waals surface area contributed by atoms with Gasteiger partial charge in [-0.15, -0.1) is 0 Å². The van der Waals surface area contributed by atoms with Crippen molar-refractivity contribution in [3.8, 4) is 11.5 Å². The summed E-state index contributed by atoms with van der Waals surface area (Å²) in [6.45, 7) is 2.96. The Bertz CT molecular complexity index is 661. The van der Waals surface area contributed by atoms with Crippen LogP contribution in [0.3, 0.4) is 0 Å². The molecule has 2 aromatic rings. The molecule has 0 amide bonds. The van der Waals surface area contributed by atoms with Gasteiger partial charge in [-0.25, -0.2) is 0 Å². The minimum Gasteiger partial charge on any atom is -0.454 e. The van der Waals surface area contributed by atoms with Gasteiger partial charge in [0.05, 0.1) is 5.02 Å². The number of rotatable bonds is 3. The Balaban J connectivity index is 1.77. The lowest BCUT2D eigenvalue weighted by Crippen LogP contribution is -2.00. The van der Waals surface area contributed by atoms with E-state index >= 15 is 0 Å². The van der Waals surface area contributed by atoms with Crippen LogP contribution in [0.4, 0.5) is 5.69 Å². The summed E-state index contributed by atoms with van der Waals surface area (Å²) >= 11 is 9.72. The summed E-state index contributed by atoms with van der Waals surface area (Å²) in [6, 6.07) is 10.0. The molecule has 5 heteroatoms. The average molecular weight is 355 g/mol. The maximum atomic E-state index is 6.17. The summed E-state index contributed by atoms with van der Waals surface area (Å²) < 4.78 is 11.7. The molecule has 0 radical (unpaired) electrons. The first-order valence-electron chi connectivity index (χ1n) is 6.21. The van der Waals surface area contributed by atoms with Crippen molar-refractivity contribution >= 4 is 33.2 Å². The number of hydrogen-bond acceptors (Lipinski definition) is 3. The number of hydrogen-bond donors (Lipinski definition) is 1. The largest absolute Gasteiger partial charge is 0.454 e. The zero-order valence-corrected chi connectivity index (χ0v) is 13.2. The second-order valence-corrected chi connectivity index (χ2v) is 5.91. The molecule has 0 saturated heterocycles. The first-order valence-corrected chi connectivity index (χ1v) is 7.38. The molecule has 0 aromatic heterocycles. The summed E-state index contributed by atoms with van der Waals surface area (Å²) in [5, 5.41) is 3.96. The normalized spacial score (nSPS) is 12.6. The third-order valence-corrected chi connectivity index (χ3v) is 4.03.